The van der Waals surface area contributed by atoms with Gasteiger partial charge in [0.05, 0.1) is 13.7 Å². The third-order valence-electron chi connectivity index (χ3n) is 3.80. The number of esters is 1. The van der Waals surface area contributed by atoms with E-state index in [2.05, 4.69) is 22.5 Å². The predicted octanol–water partition coefficient (Wildman–Crippen LogP) is -0.0160. The Morgan fingerprint density at radius 1 is 1.50 bits per heavy atom. The average molecular weight is 285 g/mol. The second-order valence-corrected chi connectivity index (χ2v) is 5.54. The molecule has 1 heterocycles. The summed E-state index contributed by atoms with van der Waals surface area (Å²) >= 11 is 0. The maximum atomic E-state index is 12.1. The Kier molecular flexibility index (Phi) is 6.95. The Morgan fingerprint density at radius 3 is 2.75 bits per heavy atom. The first kappa shape index (κ1) is 16.9. The fourth-order valence-electron chi connectivity index (χ4n) is 2.37. The zero-order chi connectivity index (χ0) is 15.1. The molecule has 0 aromatic rings. The van der Waals surface area contributed by atoms with Gasteiger partial charge in [-0.25, -0.2) is 4.79 Å². The summed E-state index contributed by atoms with van der Waals surface area (Å²) in [6.45, 7) is 8.94. The lowest BCUT2D eigenvalue weighted by atomic mass is 9.99. The van der Waals surface area contributed by atoms with Crippen LogP contribution in [0.1, 0.15) is 27.2 Å². The van der Waals surface area contributed by atoms with Crippen molar-refractivity contribution >= 4 is 11.9 Å². The monoisotopic (exact) mass is 285 g/mol. The number of piperazine rings is 1. The van der Waals surface area contributed by atoms with Crippen LogP contribution in [0.5, 0.6) is 0 Å². The van der Waals surface area contributed by atoms with Crippen LogP contribution < -0.4 is 10.6 Å². The van der Waals surface area contributed by atoms with Gasteiger partial charge in [0, 0.05) is 25.7 Å². The topological polar surface area (TPSA) is 70.7 Å². The number of ether oxygens (including phenoxy) is 1. The van der Waals surface area contributed by atoms with Gasteiger partial charge in [0.2, 0.25) is 5.91 Å². The number of methoxy groups -OCH3 is 1. The number of nitrogens with one attached hydrogen (secondary N) is 2. The van der Waals surface area contributed by atoms with Crippen molar-refractivity contribution in [2.75, 3.05) is 33.3 Å². The molecular weight excluding hydrogens is 258 g/mol. The second-order valence-electron chi connectivity index (χ2n) is 5.54. The molecule has 1 rings (SSSR count). The van der Waals surface area contributed by atoms with Crippen molar-refractivity contribution in [1.82, 2.24) is 15.5 Å². The molecule has 6 nitrogen and oxygen atoms in total. The zero-order valence-electron chi connectivity index (χ0n) is 12.9. The zero-order valence-corrected chi connectivity index (χ0v) is 12.9. The molecule has 0 bridgehead atoms. The van der Waals surface area contributed by atoms with Crippen LogP contribution in [0, 0.1) is 5.92 Å². The number of amides is 1. The molecule has 0 radical (unpaired) electrons. The van der Waals surface area contributed by atoms with Crippen LogP contribution in [0.3, 0.4) is 0 Å². The molecule has 116 valence electrons. The first-order valence-electron chi connectivity index (χ1n) is 7.30. The minimum absolute atomic E-state index is 0.0633. The van der Waals surface area contributed by atoms with E-state index in [1.54, 1.807) is 0 Å². The van der Waals surface area contributed by atoms with Crippen LogP contribution >= 0.6 is 0 Å². The lowest BCUT2D eigenvalue weighted by Crippen LogP contribution is -2.54. The third-order valence-corrected chi connectivity index (χ3v) is 3.80. The quantitative estimate of drug-likeness (QED) is 0.671. The van der Waals surface area contributed by atoms with Crippen molar-refractivity contribution in [2.45, 2.75) is 39.3 Å². The van der Waals surface area contributed by atoms with Gasteiger partial charge in [0.1, 0.15) is 6.04 Å². The summed E-state index contributed by atoms with van der Waals surface area (Å²) in [6, 6.07) is -0.166. The minimum Gasteiger partial charge on any atom is -0.467 e. The molecule has 0 aliphatic carbocycles. The van der Waals surface area contributed by atoms with Gasteiger partial charge in [-0.2, -0.15) is 0 Å². The lowest BCUT2D eigenvalue weighted by molar-refractivity contribution is -0.146. The standard InChI is InChI=1S/C14H27N3O3/c1-5-10(2)13(14(19)20-4)16-12(18)9-17-7-6-15-11(3)8-17/h10-11,13,15H,5-9H2,1-4H3,(H,16,18)/t10?,11-,13?/m1/s1. The highest BCUT2D eigenvalue weighted by molar-refractivity contribution is 5.85. The van der Waals surface area contributed by atoms with Crippen LogP contribution in [0.4, 0.5) is 0 Å². The molecule has 0 spiro atoms. The fourth-order valence-corrected chi connectivity index (χ4v) is 2.37. The molecule has 0 aromatic heterocycles. The number of nitrogens with zero attached hydrogens (tertiary/aromatic N) is 1. The van der Waals surface area contributed by atoms with Crippen LogP contribution in [-0.4, -0.2) is 62.1 Å². The number of rotatable bonds is 6. The van der Waals surface area contributed by atoms with E-state index in [9.17, 15) is 9.59 Å². The van der Waals surface area contributed by atoms with Crippen molar-refractivity contribution in [1.29, 1.82) is 0 Å². The van der Waals surface area contributed by atoms with Gasteiger partial charge in [0.15, 0.2) is 0 Å². The van der Waals surface area contributed by atoms with Crippen molar-refractivity contribution in [2.24, 2.45) is 5.92 Å². The van der Waals surface area contributed by atoms with Crippen LogP contribution in [0.15, 0.2) is 0 Å². The van der Waals surface area contributed by atoms with E-state index in [0.29, 0.717) is 12.6 Å². The van der Waals surface area contributed by atoms with Gasteiger partial charge < -0.3 is 15.4 Å². The summed E-state index contributed by atoms with van der Waals surface area (Å²) in [5, 5.41) is 6.14. The van der Waals surface area contributed by atoms with E-state index >= 15 is 0 Å². The summed E-state index contributed by atoms with van der Waals surface area (Å²) < 4.78 is 4.77. The molecule has 20 heavy (non-hydrogen) atoms. The molecule has 6 heteroatoms. The van der Waals surface area contributed by atoms with Crippen LogP contribution in [-0.2, 0) is 14.3 Å². The van der Waals surface area contributed by atoms with E-state index in [-0.39, 0.29) is 17.8 Å². The Morgan fingerprint density at radius 2 is 2.20 bits per heavy atom. The summed E-state index contributed by atoms with van der Waals surface area (Å²) in [5.41, 5.74) is 0. The Hall–Kier alpha value is -1.14. The smallest absolute Gasteiger partial charge is 0.328 e. The highest BCUT2D eigenvalue weighted by atomic mass is 16.5. The van der Waals surface area contributed by atoms with E-state index in [1.165, 1.54) is 7.11 Å². The highest BCUT2D eigenvalue weighted by Crippen LogP contribution is 2.09. The Balaban J connectivity index is 2.50. The van der Waals surface area contributed by atoms with Crippen LogP contribution in [0.2, 0.25) is 0 Å². The molecule has 2 N–H and O–H groups in total. The number of carbonyl (C=O) groups excluding carboxylic acids is 2. The SMILES string of the molecule is CCC(C)C(NC(=O)CN1CCN[C@H](C)C1)C(=O)OC. The van der Waals surface area contributed by atoms with Crippen LogP contribution in [0.25, 0.3) is 0 Å². The maximum Gasteiger partial charge on any atom is 0.328 e. The van der Waals surface area contributed by atoms with Gasteiger partial charge in [-0.05, 0) is 12.8 Å². The third kappa shape index (κ3) is 5.09. The van der Waals surface area contributed by atoms with Gasteiger partial charge in [0.25, 0.3) is 0 Å². The predicted molar refractivity (Wildman–Crippen MR) is 77.3 cm³/mol. The van der Waals surface area contributed by atoms with Crippen molar-refractivity contribution in [3.63, 3.8) is 0 Å². The Bertz CT molecular complexity index is 336. The van der Waals surface area contributed by atoms with Gasteiger partial charge in [-0.15, -0.1) is 0 Å². The first-order valence-corrected chi connectivity index (χ1v) is 7.30. The summed E-state index contributed by atoms with van der Waals surface area (Å²) in [6.07, 6.45) is 0.810. The first-order chi connectivity index (χ1) is 9.47. The molecule has 0 saturated carbocycles. The Labute approximate surface area is 121 Å². The van der Waals surface area contributed by atoms with E-state index in [1.807, 2.05) is 13.8 Å². The van der Waals surface area contributed by atoms with E-state index in [0.717, 1.165) is 26.1 Å². The second kappa shape index (κ2) is 8.21. The van der Waals surface area contributed by atoms with Gasteiger partial charge in [-0.3, -0.25) is 9.69 Å². The summed E-state index contributed by atoms with van der Waals surface area (Å²) in [7, 11) is 1.35. The lowest BCUT2D eigenvalue weighted by Gasteiger charge is -2.32. The molecule has 3 atom stereocenters. The molecular formula is C14H27N3O3. The normalized spacial score (nSPS) is 22.9. The number of hydrogen-bond acceptors (Lipinski definition) is 5. The van der Waals surface area contributed by atoms with Gasteiger partial charge in [-0.1, -0.05) is 20.3 Å². The average Bonchev–Trinajstić information content (AvgIpc) is 2.43. The molecule has 1 fully saturated rings. The largest absolute Gasteiger partial charge is 0.467 e. The molecule has 1 saturated heterocycles. The maximum absolute atomic E-state index is 12.1. The molecule has 1 amide bonds. The fraction of sp³-hybridized carbons (Fsp3) is 0.857. The number of carbonyl (C=O) groups is 2. The molecule has 2 unspecified atom stereocenters. The summed E-state index contributed by atoms with van der Waals surface area (Å²) in [4.78, 5) is 25.9. The molecule has 1 aliphatic heterocycles. The molecule has 1 aliphatic rings. The minimum atomic E-state index is -0.558. The van der Waals surface area contributed by atoms with Gasteiger partial charge >= 0.3 is 5.97 Å². The van der Waals surface area contributed by atoms with Crippen molar-refractivity contribution in [3.05, 3.63) is 0 Å². The summed E-state index contributed by atoms with van der Waals surface area (Å²) in [5.74, 6) is -0.426. The highest BCUT2D eigenvalue weighted by Gasteiger charge is 2.27. The van der Waals surface area contributed by atoms with Crippen molar-refractivity contribution < 1.29 is 14.3 Å². The van der Waals surface area contributed by atoms with E-state index < -0.39 is 6.04 Å². The van der Waals surface area contributed by atoms with E-state index in [4.69, 9.17) is 4.74 Å². The van der Waals surface area contributed by atoms with Crippen molar-refractivity contribution in [3.8, 4) is 0 Å². The molecule has 0 aromatic carbocycles. The number of hydrogen-bond donors (Lipinski definition) is 2.